The van der Waals surface area contributed by atoms with E-state index in [0.717, 1.165) is 29.7 Å². The van der Waals surface area contributed by atoms with Crippen LogP contribution in [-0.4, -0.2) is 44.3 Å². The van der Waals surface area contributed by atoms with Gasteiger partial charge in [0.15, 0.2) is 11.5 Å². The summed E-state index contributed by atoms with van der Waals surface area (Å²) in [5, 5.41) is 2.71. The van der Waals surface area contributed by atoms with Gasteiger partial charge in [0.05, 0.1) is 18.7 Å². The van der Waals surface area contributed by atoms with E-state index in [-0.39, 0.29) is 18.7 Å². The summed E-state index contributed by atoms with van der Waals surface area (Å²) < 4.78 is 22.8. The van der Waals surface area contributed by atoms with E-state index in [2.05, 4.69) is 10.2 Å². The van der Waals surface area contributed by atoms with Crippen molar-refractivity contribution in [3.63, 3.8) is 0 Å². The zero-order valence-electron chi connectivity index (χ0n) is 17.0. The largest absolute Gasteiger partial charge is 0.492 e. The van der Waals surface area contributed by atoms with Crippen molar-refractivity contribution in [3.8, 4) is 17.2 Å². The third-order valence-electron chi connectivity index (χ3n) is 5.87. The third kappa shape index (κ3) is 2.79. The summed E-state index contributed by atoms with van der Waals surface area (Å²) >= 11 is 0. The van der Waals surface area contributed by atoms with Gasteiger partial charge in [0.2, 0.25) is 18.4 Å². The van der Waals surface area contributed by atoms with Crippen molar-refractivity contribution in [2.75, 3.05) is 32.8 Å². The van der Waals surface area contributed by atoms with Crippen LogP contribution >= 0.6 is 0 Å². The highest BCUT2D eigenvalue weighted by Crippen LogP contribution is 2.54. The molecule has 0 saturated carbocycles. The summed E-state index contributed by atoms with van der Waals surface area (Å²) in [6, 6.07) is 7.06. The molecule has 0 spiro atoms. The van der Waals surface area contributed by atoms with E-state index >= 15 is 0 Å². The van der Waals surface area contributed by atoms with Crippen molar-refractivity contribution >= 4 is 17.6 Å². The van der Waals surface area contributed by atoms with Crippen molar-refractivity contribution in [3.05, 3.63) is 46.5 Å². The fraction of sp³-hybridized carbons (Fsp3) is 0.364. The van der Waals surface area contributed by atoms with Gasteiger partial charge in [-0.15, -0.1) is 0 Å². The Morgan fingerprint density at radius 2 is 2.10 bits per heavy atom. The van der Waals surface area contributed by atoms with E-state index in [1.165, 1.54) is 6.92 Å². The van der Waals surface area contributed by atoms with E-state index in [9.17, 15) is 9.59 Å². The second-order valence-corrected chi connectivity index (χ2v) is 7.70. The molecule has 5 rings (SSSR count). The molecular formula is C22H22N2O6. The normalized spacial score (nSPS) is 21.6. The lowest BCUT2D eigenvalue weighted by Crippen LogP contribution is -2.36. The molecule has 2 unspecified atom stereocenters. The van der Waals surface area contributed by atoms with Crippen LogP contribution in [0.3, 0.4) is 0 Å². The smallest absolute Gasteiger partial charge is 0.339 e. The lowest BCUT2D eigenvalue weighted by molar-refractivity contribution is -0.114. The molecule has 3 heterocycles. The van der Waals surface area contributed by atoms with Crippen LogP contribution in [0.15, 0.2) is 24.3 Å². The molecule has 2 aromatic rings. The zero-order chi connectivity index (χ0) is 21.0. The van der Waals surface area contributed by atoms with Gasteiger partial charge in [-0.2, -0.15) is 0 Å². The van der Waals surface area contributed by atoms with Crippen LogP contribution in [0.4, 0.5) is 5.69 Å². The summed E-state index contributed by atoms with van der Waals surface area (Å²) in [5.74, 6) is 1.29. The molecule has 8 heteroatoms. The van der Waals surface area contributed by atoms with Gasteiger partial charge in [-0.25, -0.2) is 4.79 Å². The Kier molecular flexibility index (Phi) is 4.32. The molecule has 0 radical (unpaired) electrons. The molecule has 3 aliphatic heterocycles. The van der Waals surface area contributed by atoms with E-state index in [1.807, 2.05) is 19.2 Å². The molecule has 2 aromatic carbocycles. The number of amides is 1. The highest BCUT2D eigenvalue weighted by Gasteiger charge is 2.44. The Morgan fingerprint density at radius 1 is 1.27 bits per heavy atom. The molecule has 30 heavy (non-hydrogen) atoms. The van der Waals surface area contributed by atoms with Gasteiger partial charge >= 0.3 is 5.97 Å². The van der Waals surface area contributed by atoms with Gasteiger partial charge in [-0.3, -0.25) is 9.69 Å². The van der Waals surface area contributed by atoms with Crippen LogP contribution < -0.4 is 19.5 Å². The van der Waals surface area contributed by atoms with Gasteiger partial charge in [0.1, 0.15) is 6.10 Å². The topological polar surface area (TPSA) is 86.3 Å². The predicted octanol–water partition coefficient (Wildman–Crippen LogP) is 2.82. The standard InChI is InChI=1S/C22H22N2O6/c1-11(25)23-13-4-5-14-15(9-13)22(26)30-19(14)18-17-12(6-7-24(18)2)8-16-20(21(17)27-3)29-10-28-16/h4-5,8-9,18-19H,6-7,10H2,1-3H3,(H,23,25). The lowest BCUT2D eigenvalue weighted by Gasteiger charge is -2.38. The molecular weight excluding hydrogens is 388 g/mol. The van der Waals surface area contributed by atoms with Gasteiger partial charge in [0, 0.05) is 30.3 Å². The summed E-state index contributed by atoms with van der Waals surface area (Å²) in [4.78, 5) is 26.2. The molecule has 0 aliphatic carbocycles. The molecule has 8 nitrogen and oxygen atoms in total. The van der Waals surface area contributed by atoms with Crippen molar-refractivity contribution in [2.45, 2.75) is 25.5 Å². The third-order valence-corrected chi connectivity index (χ3v) is 5.87. The number of methoxy groups -OCH3 is 1. The average molecular weight is 410 g/mol. The maximum atomic E-state index is 12.7. The van der Waals surface area contributed by atoms with Crippen molar-refractivity contribution < 1.29 is 28.5 Å². The van der Waals surface area contributed by atoms with E-state index in [0.29, 0.717) is 28.5 Å². The molecule has 2 atom stereocenters. The molecule has 3 aliphatic rings. The first-order chi connectivity index (χ1) is 14.5. The zero-order valence-corrected chi connectivity index (χ0v) is 17.0. The summed E-state index contributed by atoms with van der Waals surface area (Å²) in [6.45, 7) is 2.38. The summed E-state index contributed by atoms with van der Waals surface area (Å²) in [5.41, 5.74) is 3.87. The Morgan fingerprint density at radius 3 is 2.87 bits per heavy atom. The number of ether oxygens (including phenoxy) is 4. The number of hydrogen-bond donors (Lipinski definition) is 1. The van der Waals surface area contributed by atoms with Gasteiger partial charge < -0.3 is 24.3 Å². The van der Waals surface area contributed by atoms with E-state index in [1.54, 1.807) is 19.2 Å². The second kappa shape index (κ2) is 6.91. The molecule has 1 N–H and O–H groups in total. The van der Waals surface area contributed by atoms with Crippen LogP contribution in [0.5, 0.6) is 17.2 Å². The average Bonchev–Trinajstić information content (AvgIpc) is 3.30. The van der Waals surface area contributed by atoms with Gasteiger partial charge in [0.25, 0.3) is 0 Å². The van der Waals surface area contributed by atoms with E-state index < -0.39 is 12.1 Å². The minimum Gasteiger partial charge on any atom is -0.492 e. The fourth-order valence-corrected chi connectivity index (χ4v) is 4.59. The fourth-order valence-electron chi connectivity index (χ4n) is 4.59. The maximum Gasteiger partial charge on any atom is 0.339 e. The first kappa shape index (κ1) is 18.7. The lowest BCUT2D eigenvalue weighted by atomic mass is 9.85. The van der Waals surface area contributed by atoms with Crippen LogP contribution in [0.1, 0.15) is 46.1 Å². The van der Waals surface area contributed by atoms with Gasteiger partial charge in [-0.05, 0) is 37.2 Å². The molecule has 0 bridgehead atoms. The first-order valence-corrected chi connectivity index (χ1v) is 9.80. The minimum atomic E-state index is -0.503. The Labute approximate surface area is 173 Å². The number of cyclic esters (lactones) is 1. The number of likely N-dealkylation sites (N-methyl/N-ethyl adjacent to an activating group) is 1. The van der Waals surface area contributed by atoms with Crippen LogP contribution in [0, 0.1) is 0 Å². The van der Waals surface area contributed by atoms with Crippen molar-refractivity contribution in [2.24, 2.45) is 0 Å². The monoisotopic (exact) mass is 410 g/mol. The number of esters is 1. The second-order valence-electron chi connectivity index (χ2n) is 7.70. The van der Waals surface area contributed by atoms with Crippen LogP contribution in [-0.2, 0) is 16.0 Å². The molecule has 0 saturated heterocycles. The maximum absolute atomic E-state index is 12.7. The number of carbonyl (C=O) groups excluding carboxylic acids is 2. The van der Waals surface area contributed by atoms with Crippen LogP contribution in [0.25, 0.3) is 0 Å². The van der Waals surface area contributed by atoms with E-state index in [4.69, 9.17) is 18.9 Å². The number of anilines is 1. The minimum absolute atomic E-state index is 0.155. The summed E-state index contributed by atoms with van der Waals surface area (Å²) in [7, 11) is 3.62. The molecule has 1 amide bonds. The highest BCUT2D eigenvalue weighted by atomic mass is 16.7. The number of nitrogens with one attached hydrogen (secondary N) is 1. The number of hydrogen-bond acceptors (Lipinski definition) is 7. The molecule has 0 aromatic heterocycles. The van der Waals surface area contributed by atoms with Crippen LogP contribution in [0.2, 0.25) is 0 Å². The molecule has 156 valence electrons. The SMILES string of the molecule is COc1c2c(cc3c1C(C1OC(=O)c4cc(NC(C)=O)ccc41)N(C)CC3)OCO2. The number of rotatable bonds is 3. The Hall–Kier alpha value is -3.26. The number of carbonyl (C=O) groups is 2. The highest BCUT2D eigenvalue weighted by molar-refractivity contribution is 5.97. The van der Waals surface area contributed by atoms with Gasteiger partial charge in [-0.1, -0.05) is 6.07 Å². The summed E-state index contributed by atoms with van der Waals surface area (Å²) in [6.07, 6.45) is 0.321. The van der Waals surface area contributed by atoms with Crippen molar-refractivity contribution in [1.29, 1.82) is 0 Å². The van der Waals surface area contributed by atoms with Crippen molar-refractivity contribution in [1.82, 2.24) is 4.90 Å². The number of nitrogens with zero attached hydrogens (tertiary/aromatic N) is 1. The number of fused-ring (bicyclic) bond motifs is 3. The Balaban J connectivity index is 1.62. The first-order valence-electron chi connectivity index (χ1n) is 9.80. The predicted molar refractivity (Wildman–Crippen MR) is 107 cm³/mol. The number of benzene rings is 2. The quantitative estimate of drug-likeness (QED) is 0.779. The molecule has 0 fully saturated rings. The Bertz CT molecular complexity index is 1070.